The minimum absolute atomic E-state index is 0.388. The Hall–Kier alpha value is -2.75. The smallest absolute Gasteiger partial charge is 0.343 e. The Morgan fingerprint density at radius 2 is 1.41 bits per heavy atom. The molecule has 0 unspecified atom stereocenters. The Morgan fingerprint density at radius 1 is 0.812 bits per heavy atom. The number of carbonyl (C=O) groups is 1. The molecule has 0 heterocycles. The molecule has 0 saturated carbocycles. The number of carbonyl (C=O) groups excluding carboxylic acids is 1. The van der Waals surface area contributed by atoms with Crippen molar-refractivity contribution in [2.24, 2.45) is 5.92 Å². The summed E-state index contributed by atoms with van der Waals surface area (Å²) in [6, 6.07) is 14.3. The second-order valence-electron chi connectivity index (χ2n) is 8.11. The van der Waals surface area contributed by atoms with E-state index in [9.17, 15) is 4.79 Å². The molecule has 0 aliphatic heterocycles. The van der Waals surface area contributed by atoms with Crippen molar-refractivity contribution in [3.8, 4) is 17.2 Å². The molecule has 4 nitrogen and oxygen atoms in total. The maximum absolute atomic E-state index is 12.4. The van der Waals surface area contributed by atoms with Crippen LogP contribution in [0.2, 0.25) is 0 Å². The molecule has 1 atom stereocenters. The predicted molar refractivity (Wildman–Crippen MR) is 131 cm³/mol. The maximum atomic E-state index is 12.4. The van der Waals surface area contributed by atoms with E-state index in [0.29, 0.717) is 24.5 Å². The highest BCUT2D eigenvalue weighted by Gasteiger charge is 2.09. The Labute approximate surface area is 193 Å². The third kappa shape index (κ3) is 10.0. The molecule has 174 valence electrons. The number of hydrogen-bond acceptors (Lipinski definition) is 4. The highest BCUT2D eigenvalue weighted by atomic mass is 16.5. The van der Waals surface area contributed by atoms with E-state index in [4.69, 9.17) is 14.2 Å². The molecule has 32 heavy (non-hydrogen) atoms. The molecule has 2 aromatic rings. The summed E-state index contributed by atoms with van der Waals surface area (Å²) in [6.45, 7) is 7.99. The average molecular weight is 439 g/mol. The van der Waals surface area contributed by atoms with Gasteiger partial charge in [0.25, 0.3) is 0 Å². The SMILES string of the molecule is CC/C=C\CCCCOc1ccc(C(=O)Oc2ccc(OCCC[C@@H](C)CC)cc2)cc1. The fourth-order valence-electron chi connectivity index (χ4n) is 3.12. The molecular weight excluding hydrogens is 400 g/mol. The largest absolute Gasteiger partial charge is 0.494 e. The van der Waals surface area contributed by atoms with Crippen LogP contribution in [-0.2, 0) is 0 Å². The van der Waals surface area contributed by atoms with Crippen LogP contribution in [0.4, 0.5) is 0 Å². The van der Waals surface area contributed by atoms with Gasteiger partial charge in [0.05, 0.1) is 18.8 Å². The van der Waals surface area contributed by atoms with E-state index in [2.05, 4.69) is 32.9 Å². The van der Waals surface area contributed by atoms with Gasteiger partial charge in [-0.3, -0.25) is 0 Å². The average Bonchev–Trinajstić information content (AvgIpc) is 2.82. The number of allylic oxidation sites excluding steroid dienone is 2. The minimum Gasteiger partial charge on any atom is -0.494 e. The van der Waals surface area contributed by atoms with Gasteiger partial charge in [0.2, 0.25) is 0 Å². The number of unbranched alkanes of at least 4 members (excludes halogenated alkanes) is 2. The lowest BCUT2D eigenvalue weighted by atomic mass is 10.0. The molecule has 0 aliphatic rings. The highest BCUT2D eigenvalue weighted by Crippen LogP contribution is 2.20. The molecule has 0 N–H and O–H groups in total. The van der Waals surface area contributed by atoms with Gasteiger partial charge in [-0.05, 0) is 93.0 Å². The lowest BCUT2D eigenvalue weighted by molar-refractivity contribution is 0.0734. The molecule has 0 fully saturated rings. The summed E-state index contributed by atoms with van der Waals surface area (Å²) in [4.78, 5) is 12.4. The quantitative estimate of drug-likeness (QED) is 0.124. The number of rotatable bonds is 15. The van der Waals surface area contributed by atoms with E-state index in [1.807, 2.05) is 24.3 Å². The molecule has 0 spiro atoms. The van der Waals surface area contributed by atoms with Gasteiger partial charge in [-0.25, -0.2) is 4.79 Å². The van der Waals surface area contributed by atoms with Crippen LogP contribution in [-0.4, -0.2) is 19.2 Å². The first-order valence-corrected chi connectivity index (χ1v) is 11.9. The van der Waals surface area contributed by atoms with E-state index in [0.717, 1.165) is 49.5 Å². The van der Waals surface area contributed by atoms with Crippen molar-refractivity contribution in [2.45, 2.75) is 65.7 Å². The van der Waals surface area contributed by atoms with Crippen molar-refractivity contribution in [1.82, 2.24) is 0 Å². The summed E-state index contributed by atoms with van der Waals surface area (Å²) in [7, 11) is 0. The van der Waals surface area contributed by atoms with Crippen molar-refractivity contribution >= 4 is 5.97 Å². The Kier molecular flexibility index (Phi) is 12.1. The van der Waals surface area contributed by atoms with E-state index in [1.54, 1.807) is 24.3 Å². The molecular formula is C28H38O4. The first kappa shape index (κ1) is 25.5. The van der Waals surface area contributed by atoms with Crippen LogP contribution in [0.1, 0.15) is 76.1 Å². The fraction of sp³-hybridized carbons (Fsp3) is 0.464. The van der Waals surface area contributed by atoms with Crippen LogP contribution < -0.4 is 14.2 Å². The molecule has 0 amide bonds. The van der Waals surface area contributed by atoms with Crippen LogP contribution in [0.5, 0.6) is 17.2 Å². The summed E-state index contributed by atoms with van der Waals surface area (Å²) < 4.78 is 17.0. The molecule has 0 aromatic heterocycles. The van der Waals surface area contributed by atoms with Gasteiger partial charge >= 0.3 is 5.97 Å². The topological polar surface area (TPSA) is 44.8 Å². The number of esters is 1. The zero-order valence-corrected chi connectivity index (χ0v) is 19.8. The zero-order chi connectivity index (χ0) is 23.0. The van der Waals surface area contributed by atoms with E-state index in [-0.39, 0.29) is 5.97 Å². The maximum Gasteiger partial charge on any atom is 0.343 e. The lowest BCUT2D eigenvalue weighted by Gasteiger charge is -2.10. The number of ether oxygens (including phenoxy) is 3. The summed E-state index contributed by atoms with van der Waals surface area (Å²) in [6.07, 6.45) is 12.1. The third-order valence-corrected chi connectivity index (χ3v) is 5.37. The van der Waals surface area contributed by atoms with Gasteiger partial charge in [-0.2, -0.15) is 0 Å². The second kappa shape index (κ2) is 15.1. The number of hydrogen-bond donors (Lipinski definition) is 0. The van der Waals surface area contributed by atoms with Gasteiger partial charge in [-0.1, -0.05) is 39.3 Å². The molecule has 2 aromatic carbocycles. The van der Waals surface area contributed by atoms with Gasteiger partial charge in [0.15, 0.2) is 0 Å². The summed E-state index contributed by atoms with van der Waals surface area (Å²) >= 11 is 0. The molecule has 0 bridgehead atoms. The van der Waals surface area contributed by atoms with Crippen molar-refractivity contribution < 1.29 is 19.0 Å². The third-order valence-electron chi connectivity index (χ3n) is 5.37. The highest BCUT2D eigenvalue weighted by molar-refractivity contribution is 5.91. The van der Waals surface area contributed by atoms with Crippen LogP contribution in [0.3, 0.4) is 0 Å². The standard InChI is InChI=1S/C28H38O4/c1-4-6-7-8-9-10-21-30-25-15-13-24(14-16-25)28(29)32-27-19-17-26(18-20-27)31-22-11-12-23(3)5-2/h6-7,13-20,23H,4-5,8-12,21-22H2,1-3H3/b7-6-/t23-/m0/s1. The summed E-state index contributed by atoms with van der Waals surface area (Å²) in [5.41, 5.74) is 0.493. The summed E-state index contributed by atoms with van der Waals surface area (Å²) in [5, 5.41) is 0. The molecule has 0 aliphatic carbocycles. The Morgan fingerprint density at radius 3 is 2.03 bits per heavy atom. The molecule has 4 heteroatoms. The van der Waals surface area contributed by atoms with Crippen LogP contribution >= 0.6 is 0 Å². The first-order valence-electron chi connectivity index (χ1n) is 11.9. The van der Waals surface area contributed by atoms with E-state index >= 15 is 0 Å². The second-order valence-corrected chi connectivity index (χ2v) is 8.11. The van der Waals surface area contributed by atoms with Gasteiger partial charge in [-0.15, -0.1) is 0 Å². The van der Waals surface area contributed by atoms with Gasteiger partial charge in [0.1, 0.15) is 17.2 Å². The van der Waals surface area contributed by atoms with E-state index in [1.165, 1.54) is 12.8 Å². The van der Waals surface area contributed by atoms with Crippen molar-refractivity contribution in [3.05, 3.63) is 66.2 Å². The number of benzene rings is 2. The zero-order valence-electron chi connectivity index (χ0n) is 19.8. The Balaban J connectivity index is 1.71. The van der Waals surface area contributed by atoms with Crippen molar-refractivity contribution in [1.29, 1.82) is 0 Å². The lowest BCUT2D eigenvalue weighted by Crippen LogP contribution is -2.08. The molecule has 0 saturated heterocycles. The minimum atomic E-state index is -0.388. The predicted octanol–water partition coefficient (Wildman–Crippen LogP) is 7.63. The molecule has 0 radical (unpaired) electrons. The van der Waals surface area contributed by atoms with Crippen molar-refractivity contribution in [3.63, 3.8) is 0 Å². The van der Waals surface area contributed by atoms with Crippen LogP contribution in [0.15, 0.2) is 60.7 Å². The monoisotopic (exact) mass is 438 g/mol. The fourth-order valence-corrected chi connectivity index (χ4v) is 3.12. The normalized spacial score (nSPS) is 12.0. The Bertz CT molecular complexity index is 793. The van der Waals surface area contributed by atoms with Gasteiger partial charge in [0, 0.05) is 0 Å². The van der Waals surface area contributed by atoms with Crippen molar-refractivity contribution in [2.75, 3.05) is 13.2 Å². The van der Waals surface area contributed by atoms with E-state index < -0.39 is 0 Å². The summed E-state index contributed by atoms with van der Waals surface area (Å²) in [5.74, 6) is 2.40. The van der Waals surface area contributed by atoms with Gasteiger partial charge < -0.3 is 14.2 Å². The molecule has 2 rings (SSSR count). The first-order chi connectivity index (χ1) is 15.6. The van der Waals surface area contributed by atoms with Crippen LogP contribution in [0, 0.1) is 5.92 Å². The van der Waals surface area contributed by atoms with Crippen LogP contribution in [0.25, 0.3) is 0 Å².